The number of anilines is 1. The minimum absolute atomic E-state index is 0.0462. The van der Waals surface area contributed by atoms with Crippen LogP contribution in [-0.4, -0.2) is 75.9 Å². The fourth-order valence-electron chi connectivity index (χ4n) is 7.41. The van der Waals surface area contributed by atoms with Gasteiger partial charge in [-0.2, -0.15) is 13.2 Å². The van der Waals surface area contributed by atoms with Crippen LogP contribution in [0.25, 0.3) is 22.1 Å². The second-order valence-electron chi connectivity index (χ2n) is 16.0. The predicted molar refractivity (Wildman–Crippen MR) is 195 cm³/mol. The van der Waals surface area contributed by atoms with Gasteiger partial charge in [-0.25, -0.2) is 15.0 Å². The fourth-order valence-corrected chi connectivity index (χ4v) is 8.43. The highest BCUT2D eigenvalue weighted by Gasteiger charge is 2.54. The lowest BCUT2D eigenvalue weighted by Crippen LogP contribution is -2.33. The van der Waals surface area contributed by atoms with Gasteiger partial charge in [-0.1, -0.05) is 31.2 Å². The Morgan fingerprint density at radius 3 is 2.63 bits per heavy atom. The van der Waals surface area contributed by atoms with Crippen LogP contribution in [0.15, 0.2) is 30.7 Å². The molecule has 4 aromatic rings. The molecule has 3 aromatic heterocycles. The maximum absolute atomic E-state index is 13.6. The van der Waals surface area contributed by atoms with Gasteiger partial charge in [0.15, 0.2) is 5.79 Å². The van der Waals surface area contributed by atoms with Crippen molar-refractivity contribution in [2.45, 2.75) is 121 Å². The van der Waals surface area contributed by atoms with E-state index in [9.17, 15) is 13.2 Å². The van der Waals surface area contributed by atoms with E-state index in [1.165, 1.54) is 18.9 Å². The number of benzene rings is 1. The van der Waals surface area contributed by atoms with E-state index in [1.807, 2.05) is 18.4 Å². The smallest absolute Gasteiger partial charge is 0.367 e. The summed E-state index contributed by atoms with van der Waals surface area (Å²) in [6.07, 6.45) is 4.56. The molecule has 7 rings (SSSR count). The van der Waals surface area contributed by atoms with Crippen molar-refractivity contribution in [1.29, 1.82) is 0 Å². The summed E-state index contributed by atoms with van der Waals surface area (Å²) in [6.45, 7) is 13.2. The third-order valence-corrected chi connectivity index (χ3v) is 12.2. The molecule has 0 radical (unpaired) electrons. The van der Waals surface area contributed by atoms with Gasteiger partial charge >= 0.3 is 6.18 Å². The molecule has 10 nitrogen and oxygen atoms in total. The molecule has 4 heterocycles. The van der Waals surface area contributed by atoms with Crippen molar-refractivity contribution in [3.05, 3.63) is 47.1 Å². The summed E-state index contributed by atoms with van der Waals surface area (Å²) in [5, 5.41) is 7.88. The standard InChI is InChI=1S/C36H49ClF3N7O3Si/c1-35(2)49-31-22(16-29(32(31)50-35)46-13-11-24-33(44-23-9-10-23)42-20-43-34(24)46)19-41-12-7-6-8-30-45-27-17-25(36(38,39)40)26(37)18-28(27)47(30)21-48-14-15-51(3,4)5/h11,13,17-18,20,22-23,29,31-32,41H,6-10,12,14-16,19,21H2,1-5H3,(H,42,43,44). The summed E-state index contributed by atoms with van der Waals surface area (Å²) < 4.78 is 64.0. The molecule has 4 atom stereocenters. The zero-order valence-corrected chi connectivity index (χ0v) is 31.8. The van der Waals surface area contributed by atoms with Crippen LogP contribution in [0.2, 0.25) is 30.7 Å². The molecule has 0 amide bonds. The lowest BCUT2D eigenvalue weighted by atomic mass is 10.1. The van der Waals surface area contributed by atoms with Gasteiger partial charge in [0.25, 0.3) is 0 Å². The monoisotopic (exact) mass is 747 g/mol. The predicted octanol–water partition coefficient (Wildman–Crippen LogP) is 8.03. The number of hydrogen-bond acceptors (Lipinski definition) is 8. The Balaban J connectivity index is 0.976. The van der Waals surface area contributed by atoms with E-state index in [-0.39, 0.29) is 41.4 Å². The Morgan fingerprint density at radius 1 is 1.10 bits per heavy atom. The maximum atomic E-state index is 13.6. The lowest BCUT2D eigenvalue weighted by Gasteiger charge is -2.24. The van der Waals surface area contributed by atoms with Crippen LogP contribution in [0, 0.1) is 5.92 Å². The first-order valence-electron chi connectivity index (χ1n) is 18.1. The van der Waals surface area contributed by atoms with Gasteiger partial charge in [-0.3, -0.25) is 0 Å². The molecule has 0 spiro atoms. The summed E-state index contributed by atoms with van der Waals surface area (Å²) in [7, 11) is -1.30. The molecule has 2 N–H and O–H groups in total. The van der Waals surface area contributed by atoms with Crippen LogP contribution in [0.5, 0.6) is 0 Å². The Labute approximate surface area is 302 Å². The lowest BCUT2D eigenvalue weighted by molar-refractivity contribution is -0.160. The molecular weight excluding hydrogens is 699 g/mol. The minimum Gasteiger partial charge on any atom is -0.367 e. The first kappa shape index (κ1) is 36.6. The Morgan fingerprint density at radius 2 is 1.88 bits per heavy atom. The average molecular weight is 748 g/mol. The normalized spacial score (nSPS) is 23.5. The van der Waals surface area contributed by atoms with Crippen molar-refractivity contribution in [1.82, 2.24) is 29.4 Å². The quantitative estimate of drug-likeness (QED) is 0.0932. The van der Waals surface area contributed by atoms with Gasteiger partial charge in [0.05, 0.1) is 39.2 Å². The number of aryl methyl sites for hydroxylation is 1. The first-order valence-corrected chi connectivity index (χ1v) is 22.2. The third kappa shape index (κ3) is 8.26. The Hall–Kier alpha value is -2.75. The van der Waals surface area contributed by atoms with Gasteiger partial charge in [0.1, 0.15) is 36.5 Å². The van der Waals surface area contributed by atoms with E-state index < -0.39 is 25.6 Å². The zero-order chi connectivity index (χ0) is 36.1. The second-order valence-corrected chi connectivity index (χ2v) is 22.0. The highest BCUT2D eigenvalue weighted by Crippen LogP contribution is 2.48. The largest absolute Gasteiger partial charge is 0.417 e. The molecule has 278 valence electrons. The molecule has 51 heavy (non-hydrogen) atoms. The molecule has 1 aliphatic heterocycles. The summed E-state index contributed by atoms with van der Waals surface area (Å²) in [6, 6.07) is 6.08. The number of hydrogen-bond donors (Lipinski definition) is 2. The molecule has 1 aromatic carbocycles. The second kappa shape index (κ2) is 14.2. The van der Waals surface area contributed by atoms with Crippen LogP contribution in [0.1, 0.15) is 63.4 Å². The number of ether oxygens (including phenoxy) is 3. The van der Waals surface area contributed by atoms with Crippen molar-refractivity contribution in [2.24, 2.45) is 5.92 Å². The minimum atomic E-state index is -4.56. The molecule has 1 saturated heterocycles. The van der Waals surface area contributed by atoms with Gasteiger partial charge in [-0.15, -0.1) is 0 Å². The van der Waals surface area contributed by atoms with E-state index in [2.05, 4.69) is 62.1 Å². The maximum Gasteiger partial charge on any atom is 0.417 e. The summed E-state index contributed by atoms with van der Waals surface area (Å²) >= 11 is 6.11. The number of rotatable bonds is 15. The van der Waals surface area contributed by atoms with Crippen molar-refractivity contribution >= 4 is 47.6 Å². The molecule has 15 heteroatoms. The highest BCUT2D eigenvalue weighted by atomic mass is 35.5. The first-order chi connectivity index (χ1) is 24.2. The van der Waals surface area contributed by atoms with Crippen LogP contribution < -0.4 is 10.6 Å². The average Bonchev–Trinajstić information content (AvgIpc) is 3.35. The highest BCUT2D eigenvalue weighted by molar-refractivity contribution is 6.76. The molecule has 3 aliphatic rings. The van der Waals surface area contributed by atoms with Crippen LogP contribution in [0.4, 0.5) is 19.0 Å². The van der Waals surface area contributed by atoms with Gasteiger partial charge < -0.3 is 34.0 Å². The van der Waals surface area contributed by atoms with Gasteiger partial charge in [0, 0.05) is 45.8 Å². The molecule has 3 fully saturated rings. The van der Waals surface area contributed by atoms with Crippen LogP contribution in [-0.2, 0) is 33.5 Å². The van der Waals surface area contributed by atoms with E-state index in [0.29, 0.717) is 30.4 Å². The topological polar surface area (TPSA) is 100 Å². The summed E-state index contributed by atoms with van der Waals surface area (Å²) in [5.41, 5.74) is 0.862. The van der Waals surface area contributed by atoms with Crippen molar-refractivity contribution in [3.8, 4) is 0 Å². The SMILES string of the molecule is CC1(C)OC2C(CNCCCCc3nc4cc(C(F)(F)F)c(Cl)cc4n3COCC[Si](C)(C)C)CC(n3ccc4c(NC5CC5)ncnc43)C2O1. The molecular formula is C36H49ClF3N7O3Si. The van der Waals surface area contributed by atoms with Crippen molar-refractivity contribution in [2.75, 3.05) is 25.0 Å². The number of alkyl halides is 3. The summed E-state index contributed by atoms with van der Waals surface area (Å²) in [4.78, 5) is 13.8. The number of unbranched alkanes of at least 4 members (excludes halogenated alkanes) is 1. The van der Waals surface area contributed by atoms with E-state index in [1.54, 1.807) is 6.33 Å². The molecule has 2 aliphatic carbocycles. The van der Waals surface area contributed by atoms with E-state index in [0.717, 1.165) is 61.3 Å². The van der Waals surface area contributed by atoms with Crippen molar-refractivity contribution in [3.63, 3.8) is 0 Å². The number of nitrogens with zero attached hydrogens (tertiary/aromatic N) is 5. The Kier molecular flexibility index (Phi) is 10.2. The third-order valence-electron chi connectivity index (χ3n) is 10.2. The number of aromatic nitrogens is 5. The van der Waals surface area contributed by atoms with Gasteiger partial charge in [-0.05, 0) is 76.7 Å². The Bertz CT molecular complexity index is 1860. The number of fused-ring (bicyclic) bond motifs is 3. The van der Waals surface area contributed by atoms with E-state index in [4.69, 9.17) is 25.8 Å². The number of imidazole rings is 1. The fraction of sp³-hybridized carbons (Fsp3) is 0.639. The van der Waals surface area contributed by atoms with Gasteiger partial charge in [0.2, 0.25) is 0 Å². The molecule has 4 unspecified atom stereocenters. The van der Waals surface area contributed by atoms with Crippen molar-refractivity contribution < 1.29 is 27.4 Å². The molecule has 0 bridgehead atoms. The zero-order valence-electron chi connectivity index (χ0n) is 30.0. The number of nitrogens with one attached hydrogen (secondary N) is 2. The molecule has 2 saturated carbocycles. The number of halogens is 4. The van der Waals surface area contributed by atoms with E-state index >= 15 is 0 Å². The van der Waals surface area contributed by atoms with Crippen LogP contribution in [0.3, 0.4) is 0 Å². The summed E-state index contributed by atoms with van der Waals surface area (Å²) in [5.74, 6) is 1.16. The van der Waals surface area contributed by atoms with Crippen LogP contribution >= 0.6 is 11.6 Å².